The highest BCUT2D eigenvalue weighted by molar-refractivity contribution is 14.1. The van der Waals surface area contributed by atoms with Gasteiger partial charge in [0.05, 0.1) is 24.8 Å². The Morgan fingerprint density at radius 1 is 1.37 bits per heavy atom. The van der Waals surface area contributed by atoms with E-state index in [2.05, 4.69) is 4.74 Å². The van der Waals surface area contributed by atoms with Crippen LogP contribution in [-0.4, -0.2) is 44.6 Å². The molecular weight excluding hydrogens is 384 g/mol. The summed E-state index contributed by atoms with van der Waals surface area (Å²) in [7, 11) is 4.24. The van der Waals surface area contributed by atoms with Gasteiger partial charge in [-0.1, -0.05) is 11.6 Å². The topological polar surface area (TPSA) is 55.8 Å². The van der Waals surface area contributed by atoms with Crippen molar-refractivity contribution in [2.24, 2.45) is 0 Å². The lowest BCUT2D eigenvalue weighted by atomic mass is 10.1. The van der Waals surface area contributed by atoms with Crippen molar-refractivity contribution in [3.63, 3.8) is 0 Å². The van der Waals surface area contributed by atoms with Crippen molar-refractivity contribution in [2.45, 2.75) is 0 Å². The van der Waals surface area contributed by atoms with E-state index in [4.69, 9.17) is 16.3 Å². The number of methoxy groups -OCH3 is 2. The van der Waals surface area contributed by atoms with E-state index in [1.165, 1.54) is 32.2 Å². The van der Waals surface area contributed by atoms with Crippen LogP contribution in [0.25, 0.3) is 0 Å². The summed E-state index contributed by atoms with van der Waals surface area (Å²) < 4.78 is 10.5. The lowest BCUT2D eigenvalue weighted by Gasteiger charge is -2.17. The Hall–Kier alpha value is -1.02. The molecule has 0 aliphatic rings. The molecule has 1 rings (SSSR count). The normalized spacial score (nSPS) is 9.95. The Bertz CT molecular complexity index is 507. The minimum Gasteiger partial charge on any atom is -0.496 e. The molecule has 104 valence electrons. The van der Waals surface area contributed by atoms with E-state index in [1.807, 2.05) is 22.6 Å². The van der Waals surface area contributed by atoms with Gasteiger partial charge in [-0.2, -0.15) is 0 Å². The molecule has 0 aromatic heterocycles. The predicted octanol–water partition coefficient (Wildman–Crippen LogP) is 2.20. The summed E-state index contributed by atoms with van der Waals surface area (Å²) in [6.45, 7) is -0.137. The Labute approximate surface area is 129 Å². The van der Waals surface area contributed by atoms with E-state index < -0.39 is 5.97 Å². The minimum absolute atomic E-state index is 0.137. The average Bonchev–Trinajstić information content (AvgIpc) is 2.40. The Balaban J connectivity index is 3.05. The van der Waals surface area contributed by atoms with Crippen LogP contribution in [0.15, 0.2) is 12.1 Å². The zero-order valence-electron chi connectivity index (χ0n) is 10.7. The van der Waals surface area contributed by atoms with E-state index in [-0.39, 0.29) is 12.5 Å². The molecule has 0 saturated heterocycles. The summed E-state index contributed by atoms with van der Waals surface area (Å²) in [5.41, 5.74) is 0.305. The number of likely N-dealkylation sites (N-methyl/N-ethyl adjacent to an activating group) is 1. The van der Waals surface area contributed by atoms with Crippen molar-refractivity contribution < 1.29 is 19.1 Å². The van der Waals surface area contributed by atoms with Gasteiger partial charge in [0.25, 0.3) is 5.91 Å². The zero-order valence-corrected chi connectivity index (χ0v) is 13.6. The fourth-order valence-corrected chi connectivity index (χ4v) is 2.00. The molecule has 0 aliphatic heterocycles. The molecule has 7 heteroatoms. The maximum atomic E-state index is 12.2. The van der Waals surface area contributed by atoms with E-state index in [9.17, 15) is 9.59 Å². The SMILES string of the molecule is COC(=O)CN(C)C(=O)c1cc(Cl)c(I)cc1OC. The summed E-state index contributed by atoms with van der Waals surface area (Å²) in [6.07, 6.45) is 0. The number of carbonyl (C=O) groups excluding carboxylic acids is 2. The summed E-state index contributed by atoms with van der Waals surface area (Å²) >= 11 is 8.04. The van der Waals surface area contributed by atoms with Gasteiger partial charge in [-0.25, -0.2) is 0 Å². The van der Waals surface area contributed by atoms with Crippen molar-refractivity contribution in [3.05, 3.63) is 26.3 Å². The Morgan fingerprint density at radius 2 is 2.00 bits per heavy atom. The molecule has 1 amide bonds. The van der Waals surface area contributed by atoms with Crippen molar-refractivity contribution >= 4 is 46.1 Å². The number of hydrogen-bond acceptors (Lipinski definition) is 4. The van der Waals surface area contributed by atoms with E-state index >= 15 is 0 Å². The monoisotopic (exact) mass is 397 g/mol. The third-order valence-corrected chi connectivity index (χ3v) is 3.94. The molecule has 0 radical (unpaired) electrons. The third-order valence-electron chi connectivity index (χ3n) is 2.41. The van der Waals surface area contributed by atoms with Crippen LogP contribution in [0, 0.1) is 3.57 Å². The Morgan fingerprint density at radius 3 is 2.53 bits per heavy atom. The average molecular weight is 398 g/mol. The first-order valence-electron chi connectivity index (χ1n) is 5.26. The van der Waals surface area contributed by atoms with Gasteiger partial charge < -0.3 is 14.4 Å². The van der Waals surface area contributed by atoms with Crippen LogP contribution in [0.1, 0.15) is 10.4 Å². The standard InChI is InChI=1S/C12H13ClINO4/c1-15(6-11(16)19-3)12(17)7-4-8(13)9(14)5-10(7)18-2/h4-5H,6H2,1-3H3. The maximum Gasteiger partial charge on any atom is 0.325 e. The summed E-state index contributed by atoms with van der Waals surface area (Å²) in [5, 5.41) is 0.455. The minimum atomic E-state index is -0.494. The number of carbonyl (C=O) groups is 2. The third kappa shape index (κ3) is 3.97. The summed E-state index contributed by atoms with van der Waals surface area (Å²) in [6, 6.07) is 3.19. The van der Waals surface area contributed by atoms with Crippen molar-refractivity contribution in [2.75, 3.05) is 27.8 Å². The Kier molecular flexibility index (Phi) is 5.86. The van der Waals surface area contributed by atoms with E-state index in [1.54, 1.807) is 6.07 Å². The molecule has 0 N–H and O–H groups in total. The van der Waals surface area contributed by atoms with Crippen molar-refractivity contribution in [1.82, 2.24) is 4.90 Å². The second-order valence-electron chi connectivity index (χ2n) is 3.70. The number of nitrogens with zero attached hydrogens (tertiary/aromatic N) is 1. The largest absolute Gasteiger partial charge is 0.496 e. The van der Waals surface area contributed by atoms with E-state index in [0.717, 1.165) is 3.57 Å². The maximum absolute atomic E-state index is 12.2. The molecule has 0 bridgehead atoms. The molecule has 0 heterocycles. The van der Waals surface area contributed by atoms with Gasteiger partial charge in [-0.05, 0) is 34.7 Å². The van der Waals surface area contributed by atoms with E-state index in [0.29, 0.717) is 16.3 Å². The first kappa shape index (κ1) is 16.0. The first-order chi connectivity index (χ1) is 8.90. The van der Waals surface area contributed by atoms with Crippen LogP contribution in [0.2, 0.25) is 5.02 Å². The van der Waals surface area contributed by atoms with Crippen LogP contribution < -0.4 is 4.74 Å². The van der Waals surface area contributed by atoms with Crippen LogP contribution in [0.4, 0.5) is 0 Å². The fraction of sp³-hybridized carbons (Fsp3) is 0.333. The lowest BCUT2D eigenvalue weighted by molar-refractivity contribution is -0.141. The van der Waals surface area contributed by atoms with Gasteiger partial charge in [-0.15, -0.1) is 0 Å². The van der Waals surface area contributed by atoms with Crippen LogP contribution >= 0.6 is 34.2 Å². The quantitative estimate of drug-likeness (QED) is 0.577. The van der Waals surface area contributed by atoms with Crippen LogP contribution in [-0.2, 0) is 9.53 Å². The highest BCUT2D eigenvalue weighted by Crippen LogP contribution is 2.28. The van der Waals surface area contributed by atoms with Gasteiger partial charge in [0.1, 0.15) is 12.3 Å². The number of amides is 1. The number of ether oxygens (including phenoxy) is 2. The molecule has 1 aromatic rings. The number of rotatable bonds is 4. The molecule has 19 heavy (non-hydrogen) atoms. The van der Waals surface area contributed by atoms with Gasteiger partial charge in [0, 0.05) is 10.6 Å². The molecule has 0 atom stereocenters. The molecular formula is C12H13ClINO4. The smallest absolute Gasteiger partial charge is 0.325 e. The van der Waals surface area contributed by atoms with Crippen molar-refractivity contribution in [3.8, 4) is 5.75 Å². The molecule has 0 unspecified atom stereocenters. The first-order valence-corrected chi connectivity index (χ1v) is 6.71. The lowest BCUT2D eigenvalue weighted by Crippen LogP contribution is -2.32. The summed E-state index contributed by atoms with van der Waals surface area (Å²) in [5.74, 6) is -0.442. The highest BCUT2D eigenvalue weighted by atomic mass is 127. The van der Waals surface area contributed by atoms with Crippen molar-refractivity contribution in [1.29, 1.82) is 0 Å². The van der Waals surface area contributed by atoms with Gasteiger partial charge in [-0.3, -0.25) is 9.59 Å². The molecule has 0 fully saturated rings. The highest BCUT2D eigenvalue weighted by Gasteiger charge is 2.20. The molecule has 0 aliphatic carbocycles. The zero-order chi connectivity index (χ0) is 14.6. The molecule has 0 spiro atoms. The number of esters is 1. The van der Waals surface area contributed by atoms with Gasteiger partial charge in [0.15, 0.2) is 0 Å². The van der Waals surface area contributed by atoms with Crippen LogP contribution in [0.5, 0.6) is 5.75 Å². The second kappa shape index (κ2) is 6.95. The number of hydrogen-bond donors (Lipinski definition) is 0. The second-order valence-corrected chi connectivity index (χ2v) is 5.27. The van der Waals surface area contributed by atoms with Crippen LogP contribution in [0.3, 0.4) is 0 Å². The molecule has 0 saturated carbocycles. The number of halogens is 2. The molecule has 5 nitrogen and oxygen atoms in total. The fourth-order valence-electron chi connectivity index (χ4n) is 1.40. The van der Waals surface area contributed by atoms with Gasteiger partial charge in [0.2, 0.25) is 0 Å². The van der Waals surface area contributed by atoms with Gasteiger partial charge >= 0.3 is 5.97 Å². The number of benzene rings is 1. The summed E-state index contributed by atoms with van der Waals surface area (Å²) in [4.78, 5) is 24.6. The predicted molar refractivity (Wildman–Crippen MR) is 79.7 cm³/mol. The molecule has 1 aromatic carbocycles.